The van der Waals surface area contributed by atoms with Crippen LogP contribution in [-0.4, -0.2) is 5.11 Å². The second-order valence-electron chi connectivity index (χ2n) is 3.93. The van der Waals surface area contributed by atoms with E-state index in [1.54, 1.807) is 0 Å². The molecule has 2 rings (SSSR count). The van der Waals surface area contributed by atoms with E-state index in [0.717, 1.165) is 22.4 Å². The van der Waals surface area contributed by atoms with Crippen LogP contribution >= 0.6 is 0 Å². The van der Waals surface area contributed by atoms with Gasteiger partial charge in [0.1, 0.15) is 6.10 Å². The zero-order valence-electron chi connectivity index (χ0n) is 9.22. The highest BCUT2D eigenvalue weighted by molar-refractivity contribution is 5.49. The molecule has 0 aliphatic carbocycles. The molecule has 0 radical (unpaired) electrons. The van der Waals surface area contributed by atoms with Gasteiger partial charge in [-0.25, -0.2) is 0 Å². The van der Waals surface area contributed by atoms with Crippen LogP contribution < -0.4 is 5.73 Å². The average molecular weight is 213 g/mol. The summed E-state index contributed by atoms with van der Waals surface area (Å²) >= 11 is 0. The first kappa shape index (κ1) is 10.7. The fraction of sp³-hybridized carbons (Fsp3) is 0.143. The van der Waals surface area contributed by atoms with Crippen LogP contribution in [0.3, 0.4) is 0 Å². The molecule has 2 heteroatoms. The van der Waals surface area contributed by atoms with Crippen molar-refractivity contribution >= 4 is 5.69 Å². The van der Waals surface area contributed by atoms with E-state index in [9.17, 15) is 5.11 Å². The van der Waals surface area contributed by atoms with E-state index in [4.69, 9.17) is 5.73 Å². The number of rotatable bonds is 2. The minimum atomic E-state index is -0.583. The summed E-state index contributed by atoms with van der Waals surface area (Å²) in [5.74, 6) is 0. The molecule has 2 aromatic carbocycles. The topological polar surface area (TPSA) is 46.2 Å². The van der Waals surface area contributed by atoms with Crippen molar-refractivity contribution < 1.29 is 5.11 Å². The quantitative estimate of drug-likeness (QED) is 0.753. The number of aliphatic hydroxyl groups excluding tert-OH is 1. The van der Waals surface area contributed by atoms with Gasteiger partial charge in [0.2, 0.25) is 0 Å². The van der Waals surface area contributed by atoms with Crippen molar-refractivity contribution in [3.63, 3.8) is 0 Å². The zero-order valence-corrected chi connectivity index (χ0v) is 9.22. The van der Waals surface area contributed by atoms with Crippen molar-refractivity contribution in [2.24, 2.45) is 0 Å². The molecular formula is C14H15NO. The number of aryl methyl sites for hydroxylation is 1. The van der Waals surface area contributed by atoms with Gasteiger partial charge in [0.05, 0.1) is 0 Å². The fourth-order valence-corrected chi connectivity index (χ4v) is 1.70. The van der Waals surface area contributed by atoms with Crippen molar-refractivity contribution in [3.8, 4) is 0 Å². The van der Waals surface area contributed by atoms with E-state index in [1.165, 1.54) is 0 Å². The molecule has 16 heavy (non-hydrogen) atoms. The lowest BCUT2D eigenvalue weighted by molar-refractivity contribution is 0.220. The SMILES string of the molecule is Cc1cc(C(O)c2ccccc2)ccc1N. The van der Waals surface area contributed by atoms with Gasteiger partial charge in [-0.2, -0.15) is 0 Å². The zero-order chi connectivity index (χ0) is 11.5. The number of nitrogen functional groups attached to an aromatic ring is 1. The van der Waals surface area contributed by atoms with Crippen LogP contribution in [0.4, 0.5) is 5.69 Å². The number of aliphatic hydroxyl groups is 1. The minimum Gasteiger partial charge on any atom is -0.399 e. The van der Waals surface area contributed by atoms with Crippen LogP contribution in [0.5, 0.6) is 0 Å². The summed E-state index contributed by atoms with van der Waals surface area (Å²) in [5.41, 5.74) is 9.26. The van der Waals surface area contributed by atoms with Gasteiger partial charge >= 0.3 is 0 Å². The Morgan fingerprint density at radius 1 is 1.00 bits per heavy atom. The fourth-order valence-electron chi connectivity index (χ4n) is 1.70. The smallest absolute Gasteiger partial charge is 0.104 e. The number of anilines is 1. The lowest BCUT2D eigenvalue weighted by atomic mass is 9.99. The van der Waals surface area contributed by atoms with E-state index in [-0.39, 0.29) is 0 Å². The Morgan fingerprint density at radius 2 is 1.69 bits per heavy atom. The van der Waals surface area contributed by atoms with Crippen molar-refractivity contribution in [3.05, 3.63) is 65.2 Å². The average Bonchev–Trinajstić information content (AvgIpc) is 2.33. The Kier molecular flexibility index (Phi) is 2.93. The van der Waals surface area contributed by atoms with Crippen molar-refractivity contribution in [2.45, 2.75) is 13.0 Å². The Balaban J connectivity index is 2.34. The molecule has 0 saturated carbocycles. The largest absolute Gasteiger partial charge is 0.399 e. The molecule has 0 saturated heterocycles. The lowest BCUT2D eigenvalue weighted by Gasteiger charge is -2.12. The van der Waals surface area contributed by atoms with Gasteiger partial charge in [-0.15, -0.1) is 0 Å². The van der Waals surface area contributed by atoms with Gasteiger partial charge in [0.25, 0.3) is 0 Å². The summed E-state index contributed by atoms with van der Waals surface area (Å²) in [4.78, 5) is 0. The summed E-state index contributed by atoms with van der Waals surface area (Å²) in [5, 5.41) is 10.2. The second kappa shape index (κ2) is 4.37. The van der Waals surface area contributed by atoms with Crippen LogP contribution in [0.1, 0.15) is 22.8 Å². The van der Waals surface area contributed by atoms with E-state index in [0.29, 0.717) is 0 Å². The van der Waals surface area contributed by atoms with Crippen LogP contribution in [0, 0.1) is 6.92 Å². The molecule has 2 aromatic rings. The highest BCUT2D eigenvalue weighted by Gasteiger charge is 2.10. The Bertz CT molecular complexity index is 479. The molecule has 0 spiro atoms. The van der Waals surface area contributed by atoms with Crippen molar-refractivity contribution in [2.75, 3.05) is 5.73 Å². The normalized spacial score (nSPS) is 12.4. The van der Waals surface area contributed by atoms with E-state index in [2.05, 4.69) is 0 Å². The van der Waals surface area contributed by atoms with Gasteiger partial charge in [-0.05, 0) is 29.7 Å². The van der Waals surface area contributed by atoms with Crippen LogP contribution in [0.25, 0.3) is 0 Å². The van der Waals surface area contributed by atoms with Crippen molar-refractivity contribution in [1.82, 2.24) is 0 Å². The first-order valence-electron chi connectivity index (χ1n) is 5.27. The van der Waals surface area contributed by atoms with Gasteiger partial charge < -0.3 is 10.8 Å². The Hall–Kier alpha value is -1.80. The number of nitrogens with two attached hydrogens (primary N) is 1. The second-order valence-corrected chi connectivity index (χ2v) is 3.93. The third-order valence-corrected chi connectivity index (χ3v) is 2.72. The van der Waals surface area contributed by atoms with Gasteiger partial charge in [0.15, 0.2) is 0 Å². The Labute approximate surface area is 95.4 Å². The monoisotopic (exact) mass is 213 g/mol. The van der Waals surface area contributed by atoms with Crippen LogP contribution in [-0.2, 0) is 0 Å². The van der Waals surface area contributed by atoms with Gasteiger partial charge in [-0.3, -0.25) is 0 Å². The summed E-state index contributed by atoms with van der Waals surface area (Å²) < 4.78 is 0. The lowest BCUT2D eigenvalue weighted by Crippen LogP contribution is -2.00. The third-order valence-electron chi connectivity index (χ3n) is 2.72. The van der Waals surface area contributed by atoms with Crippen LogP contribution in [0.2, 0.25) is 0 Å². The minimum absolute atomic E-state index is 0.583. The highest BCUT2D eigenvalue weighted by Crippen LogP contribution is 2.24. The van der Waals surface area contributed by atoms with Crippen LogP contribution in [0.15, 0.2) is 48.5 Å². The summed E-state index contributed by atoms with van der Waals surface area (Å²) in [7, 11) is 0. The molecule has 0 heterocycles. The predicted octanol–water partition coefficient (Wildman–Crippen LogP) is 2.66. The molecule has 2 nitrogen and oxygen atoms in total. The number of hydrogen-bond donors (Lipinski definition) is 2. The predicted molar refractivity (Wildman–Crippen MR) is 66.1 cm³/mol. The highest BCUT2D eigenvalue weighted by atomic mass is 16.3. The molecule has 3 N–H and O–H groups in total. The molecule has 0 bridgehead atoms. The first-order chi connectivity index (χ1) is 7.68. The van der Waals surface area contributed by atoms with Crippen molar-refractivity contribution in [1.29, 1.82) is 0 Å². The summed E-state index contributed by atoms with van der Waals surface area (Å²) in [6, 6.07) is 15.2. The molecule has 0 aliphatic rings. The Morgan fingerprint density at radius 3 is 2.31 bits per heavy atom. The van der Waals surface area contributed by atoms with E-state index < -0.39 is 6.10 Å². The summed E-state index contributed by atoms with van der Waals surface area (Å²) in [6.07, 6.45) is -0.583. The maximum absolute atomic E-state index is 10.2. The van der Waals surface area contributed by atoms with Gasteiger partial charge in [0, 0.05) is 5.69 Å². The van der Waals surface area contributed by atoms with Gasteiger partial charge in [-0.1, -0.05) is 42.5 Å². The number of hydrogen-bond acceptors (Lipinski definition) is 2. The molecule has 0 aromatic heterocycles. The molecule has 0 fully saturated rings. The standard InChI is InChI=1S/C14H15NO/c1-10-9-12(7-8-13(10)15)14(16)11-5-3-2-4-6-11/h2-9,14,16H,15H2,1H3. The molecule has 0 aliphatic heterocycles. The molecule has 1 unspecified atom stereocenters. The first-order valence-corrected chi connectivity index (χ1v) is 5.27. The van der Waals surface area contributed by atoms with E-state index >= 15 is 0 Å². The maximum Gasteiger partial charge on any atom is 0.104 e. The number of benzene rings is 2. The summed E-state index contributed by atoms with van der Waals surface area (Å²) in [6.45, 7) is 1.94. The molecule has 82 valence electrons. The van der Waals surface area contributed by atoms with E-state index in [1.807, 2.05) is 55.5 Å². The molecule has 1 atom stereocenters. The third kappa shape index (κ3) is 2.07. The maximum atomic E-state index is 10.2. The molecular weight excluding hydrogens is 198 g/mol. The molecule has 0 amide bonds.